The highest BCUT2D eigenvalue weighted by Gasteiger charge is 2.33. The van der Waals surface area contributed by atoms with Crippen molar-refractivity contribution in [3.63, 3.8) is 0 Å². The Bertz CT molecular complexity index is 3570. The molecule has 8 heterocycles. The zero-order chi connectivity index (χ0) is 52.2. The summed E-state index contributed by atoms with van der Waals surface area (Å²) in [4.78, 5) is 35.0. The molecule has 0 saturated carbocycles. The molecule has 1 unspecified atom stereocenters. The summed E-state index contributed by atoms with van der Waals surface area (Å²) in [6, 6.07) is 35.0. The Balaban J connectivity index is 1.26. The third-order valence-electron chi connectivity index (χ3n) is 14.7. The van der Waals surface area contributed by atoms with Gasteiger partial charge in [-0.25, -0.2) is 24.9 Å². The van der Waals surface area contributed by atoms with Crippen LogP contribution >= 0.6 is 0 Å². The van der Waals surface area contributed by atoms with Crippen molar-refractivity contribution >= 4 is 84.2 Å². The molecule has 3 aliphatic heterocycles. The summed E-state index contributed by atoms with van der Waals surface area (Å²) < 4.78 is 0. The van der Waals surface area contributed by atoms with Gasteiger partial charge in [0, 0.05) is 76.4 Å². The molecule has 76 heavy (non-hydrogen) atoms. The molecule has 3 N–H and O–H groups in total. The maximum absolute atomic E-state index is 5.21. The van der Waals surface area contributed by atoms with Crippen molar-refractivity contribution in [2.75, 3.05) is 32.7 Å². The number of pyridine rings is 5. The number of hydrogen-bond acceptors (Lipinski definition) is 12. The van der Waals surface area contributed by atoms with Gasteiger partial charge in [-0.05, 0) is 157 Å². The third kappa shape index (κ3) is 8.89. The number of benzene rings is 4. The fourth-order valence-electron chi connectivity index (χ4n) is 10.6. The van der Waals surface area contributed by atoms with E-state index in [9.17, 15) is 0 Å². The van der Waals surface area contributed by atoms with Crippen molar-refractivity contribution < 1.29 is 0 Å². The lowest BCUT2D eigenvalue weighted by molar-refractivity contribution is 0.518. The van der Waals surface area contributed by atoms with E-state index in [-0.39, 0.29) is 6.17 Å². The van der Waals surface area contributed by atoms with Crippen LogP contribution in [0.25, 0.3) is 32.3 Å². The van der Waals surface area contributed by atoms with Crippen LogP contribution in [-0.4, -0.2) is 44.2 Å². The summed E-state index contributed by atoms with van der Waals surface area (Å²) in [5.41, 5.74) is 13.0. The quantitative estimate of drug-likeness (QED) is 0.101. The predicted molar refractivity (Wildman–Crippen MR) is 313 cm³/mol. The largest absolute Gasteiger partial charge is 0.371 e. The minimum atomic E-state index is -0.105. The van der Waals surface area contributed by atoms with Crippen LogP contribution in [0, 0.1) is 34.6 Å². The summed E-state index contributed by atoms with van der Waals surface area (Å²) in [6.07, 6.45) is 22.5. The molecule has 12 rings (SSSR count). The van der Waals surface area contributed by atoms with Crippen molar-refractivity contribution in [2.45, 2.75) is 74.4 Å². The second-order valence-electron chi connectivity index (χ2n) is 20.8. The number of anilines is 9. The van der Waals surface area contributed by atoms with E-state index in [1.807, 2.05) is 31.0 Å². The molecule has 0 saturated heterocycles. The molecule has 0 bridgehead atoms. The van der Waals surface area contributed by atoms with Gasteiger partial charge in [-0.1, -0.05) is 83.5 Å². The first-order valence-electron chi connectivity index (χ1n) is 26.2. The van der Waals surface area contributed by atoms with E-state index < -0.39 is 0 Å². The zero-order valence-electron chi connectivity index (χ0n) is 44.4. The molecule has 12 nitrogen and oxygen atoms in total. The maximum atomic E-state index is 5.21. The summed E-state index contributed by atoms with van der Waals surface area (Å²) >= 11 is 0. The topological polar surface area (TPSA) is 114 Å². The summed E-state index contributed by atoms with van der Waals surface area (Å²) in [5.74, 6) is 5.76. The van der Waals surface area contributed by atoms with Crippen LogP contribution in [0.2, 0.25) is 0 Å². The summed E-state index contributed by atoms with van der Waals surface area (Å²) in [6.45, 7) is 18.4. The second kappa shape index (κ2) is 19.7. The molecule has 0 fully saturated rings. The highest BCUT2D eigenvalue weighted by molar-refractivity contribution is 6.32. The molecule has 0 spiro atoms. The van der Waals surface area contributed by atoms with Crippen molar-refractivity contribution in [1.82, 2.24) is 40.9 Å². The van der Waals surface area contributed by atoms with Gasteiger partial charge in [-0.3, -0.25) is 14.7 Å². The van der Waals surface area contributed by atoms with Crippen LogP contribution in [0.15, 0.2) is 187 Å². The van der Waals surface area contributed by atoms with Crippen LogP contribution < -0.4 is 35.6 Å². The van der Waals surface area contributed by atoms with E-state index in [2.05, 4.69) is 219 Å². The molecule has 12 heteroatoms. The van der Waals surface area contributed by atoms with Crippen LogP contribution in [0.3, 0.4) is 0 Å². The minimum Gasteiger partial charge on any atom is -0.371 e. The third-order valence-corrected chi connectivity index (χ3v) is 14.7. The number of nitrogens with one attached hydrogen (secondary N) is 3. The number of aromatic nitrogens is 5. The monoisotopic (exact) mass is 999 g/mol. The average molecular weight is 999 g/mol. The molecule has 0 radical (unpaired) electrons. The Morgan fingerprint density at radius 1 is 0.395 bits per heavy atom. The van der Waals surface area contributed by atoms with E-state index in [0.29, 0.717) is 0 Å². The van der Waals surface area contributed by atoms with E-state index in [4.69, 9.17) is 24.9 Å². The molecule has 4 aromatic carbocycles. The van der Waals surface area contributed by atoms with Gasteiger partial charge in [0.2, 0.25) is 0 Å². The van der Waals surface area contributed by atoms with Gasteiger partial charge < -0.3 is 20.9 Å². The highest BCUT2D eigenvalue weighted by atomic mass is 15.3. The van der Waals surface area contributed by atoms with Crippen molar-refractivity contribution in [1.29, 1.82) is 0 Å². The molecule has 3 aliphatic rings. The van der Waals surface area contributed by atoms with E-state index in [0.717, 1.165) is 150 Å². The number of dihydropyridines is 2. The smallest absolute Gasteiger partial charge is 0.138 e. The normalized spacial score (nSPS) is 15.5. The maximum Gasteiger partial charge on any atom is 0.138 e. The summed E-state index contributed by atoms with van der Waals surface area (Å²) in [5, 5.41) is 17.9. The SMILES string of the molecule is CC1=CNC(N(c2ccc(C)cn2)c2cc(N(C3=CC=C(C)CN3)C3=CC=C(C)CN3)c3ccc4c(N(c5ccc(C)cn5)c5ccc(C)cn5)cc(N(c5ccc(C)cn5)c5ccc(C)cn5)c5ccc2c3c45)CC1. The Labute approximate surface area is 444 Å². The standard InChI is InChI=1S/C64H62N12/c1-39-9-21-55(65-31-39)73(56-22-10-40(2)32-66-56)51-29-52(74(57-23-11-41(3)33-67-57)58-24-12-42(4)34-68-58)48-19-20-50-54(76(61-27-15-45(7)37-71-61)62-28-16-46(8)38-72-62)30-53(49-18-17-47(51)63(48)64(49)50)75(59-25-13-43(5)35-69-59)60-26-14-44(6)36-70-60/h9-15,17-27,29-34,37-38,62,69-70,72H,16,28,35-36H2,1-8H3. The molecular weight excluding hydrogens is 937 g/mol. The van der Waals surface area contributed by atoms with E-state index in [1.54, 1.807) is 0 Å². The molecule has 9 aromatic rings. The van der Waals surface area contributed by atoms with Gasteiger partial charge >= 0.3 is 0 Å². The number of nitrogens with zero attached hydrogens (tertiary/aromatic N) is 9. The lowest BCUT2D eigenvalue weighted by Gasteiger charge is -2.39. The van der Waals surface area contributed by atoms with Crippen LogP contribution in [0.5, 0.6) is 0 Å². The lowest BCUT2D eigenvalue weighted by atomic mass is 9.89. The van der Waals surface area contributed by atoms with Crippen molar-refractivity contribution in [3.05, 3.63) is 215 Å². The fraction of sp³-hybridized carbons (Fsp3) is 0.203. The van der Waals surface area contributed by atoms with Crippen LogP contribution in [0.1, 0.15) is 61.4 Å². The van der Waals surface area contributed by atoms with Gasteiger partial charge in [-0.2, -0.15) is 0 Å². The molecule has 0 amide bonds. The second-order valence-corrected chi connectivity index (χ2v) is 20.8. The lowest BCUT2D eigenvalue weighted by Crippen LogP contribution is -2.43. The predicted octanol–water partition coefficient (Wildman–Crippen LogP) is 14.4. The summed E-state index contributed by atoms with van der Waals surface area (Å²) in [7, 11) is 0. The minimum absolute atomic E-state index is 0.105. The van der Waals surface area contributed by atoms with Gasteiger partial charge in [0.1, 0.15) is 46.9 Å². The molecule has 0 aliphatic carbocycles. The molecule has 5 aromatic heterocycles. The molecule has 1 atom stereocenters. The Morgan fingerprint density at radius 3 is 1.11 bits per heavy atom. The Kier molecular flexibility index (Phi) is 12.4. The number of hydrogen-bond donors (Lipinski definition) is 3. The first kappa shape index (κ1) is 47.9. The highest BCUT2D eigenvalue weighted by Crippen LogP contribution is 2.53. The van der Waals surface area contributed by atoms with Crippen LogP contribution in [-0.2, 0) is 0 Å². The first-order valence-corrected chi connectivity index (χ1v) is 26.2. The van der Waals surface area contributed by atoms with Gasteiger partial charge in [0.15, 0.2) is 0 Å². The van der Waals surface area contributed by atoms with Gasteiger partial charge in [0.05, 0.1) is 22.7 Å². The van der Waals surface area contributed by atoms with Crippen molar-refractivity contribution in [3.8, 4) is 0 Å². The van der Waals surface area contributed by atoms with E-state index >= 15 is 0 Å². The first-order chi connectivity index (χ1) is 36.9. The van der Waals surface area contributed by atoms with Gasteiger partial charge in [0.25, 0.3) is 0 Å². The van der Waals surface area contributed by atoms with E-state index in [1.165, 1.54) is 16.7 Å². The van der Waals surface area contributed by atoms with Crippen molar-refractivity contribution in [2.24, 2.45) is 0 Å². The number of rotatable bonds is 12. The fourth-order valence-corrected chi connectivity index (χ4v) is 10.6. The van der Waals surface area contributed by atoms with Crippen LogP contribution in [0.4, 0.5) is 51.8 Å². The average Bonchev–Trinajstić information content (AvgIpc) is 3.58. The zero-order valence-corrected chi connectivity index (χ0v) is 44.4. The Hall–Kier alpha value is -9.03. The Morgan fingerprint density at radius 2 is 0.763 bits per heavy atom. The molecular formula is C64H62N12. The number of allylic oxidation sites excluding steroid dienone is 5. The van der Waals surface area contributed by atoms with Gasteiger partial charge in [-0.15, -0.1) is 0 Å². The number of aryl methyl sites for hydroxylation is 5. The molecule has 378 valence electrons.